The van der Waals surface area contributed by atoms with Gasteiger partial charge in [0, 0.05) is 25.4 Å². The van der Waals surface area contributed by atoms with Crippen molar-refractivity contribution in [2.24, 2.45) is 0 Å². The second-order valence-corrected chi connectivity index (χ2v) is 8.24. The highest BCUT2D eigenvalue weighted by Crippen LogP contribution is 2.33. The third-order valence-electron chi connectivity index (χ3n) is 5.46. The highest BCUT2D eigenvalue weighted by Gasteiger charge is 2.32. The predicted octanol–water partition coefficient (Wildman–Crippen LogP) is 5.37. The largest absolute Gasteiger partial charge is 0.457 e. The number of hydrogen-bond donors (Lipinski definition) is 0. The Labute approximate surface area is 191 Å². The number of carbonyl (C=O) groups is 1. The second-order valence-electron chi connectivity index (χ2n) is 8.24. The molecule has 4 aromatic rings. The Bertz CT molecular complexity index is 1300. The molecule has 2 aromatic carbocycles. The topological polar surface area (TPSA) is 69.5 Å². The van der Waals surface area contributed by atoms with Gasteiger partial charge in [-0.25, -0.2) is 4.98 Å². The molecule has 7 heteroatoms. The van der Waals surface area contributed by atoms with E-state index in [-0.39, 0.29) is 11.9 Å². The van der Waals surface area contributed by atoms with E-state index < -0.39 is 0 Å². The number of hydrogen-bond acceptors (Lipinski definition) is 5. The zero-order valence-corrected chi connectivity index (χ0v) is 18.5. The number of benzene rings is 2. The number of para-hydroxylation sites is 1. The van der Waals surface area contributed by atoms with Crippen LogP contribution in [0.5, 0.6) is 23.1 Å². The quantitative estimate of drug-likeness (QED) is 0.377. The van der Waals surface area contributed by atoms with E-state index in [0.717, 1.165) is 28.1 Å². The van der Waals surface area contributed by atoms with Gasteiger partial charge in [0.1, 0.15) is 29.1 Å². The second kappa shape index (κ2) is 8.78. The Kier molecular flexibility index (Phi) is 5.52. The number of rotatable bonds is 6. The van der Waals surface area contributed by atoms with Crippen LogP contribution >= 0.6 is 0 Å². The van der Waals surface area contributed by atoms with E-state index in [9.17, 15) is 4.79 Å². The number of fused-ring (bicyclic) bond motifs is 1. The number of aromatic nitrogens is 3. The van der Waals surface area contributed by atoms with Crippen LogP contribution in [-0.4, -0.2) is 38.4 Å². The van der Waals surface area contributed by atoms with Gasteiger partial charge in [-0.15, -0.1) is 0 Å². The molecular formula is C26H24N4O3. The Morgan fingerprint density at radius 3 is 2.27 bits per heavy atom. The molecular weight excluding hydrogens is 416 g/mol. The predicted molar refractivity (Wildman–Crippen MR) is 126 cm³/mol. The van der Waals surface area contributed by atoms with Gasteiger partial charge in [0.05, 0.1) is 11.6 Å². The molecule has 3 heterocycles. The average Bonchev–Trinajstić information content (AvgIpc) is 3.19. The Morgan fingerprint density at radius 2 is 1.58 bits per heavy atom. The molecule has 2 aromatic heterocycles. The summed E-state index contributed by atoms with van der Waals surface area (Å²) in [5.41, 5.74) is 2.62. The van der Waals surface area contributed by atoms with E-state index in [2.05, 4.69) is 14.5 Å². The summed E-state index contributed by atoms with van der Waals surface area (Å²) < 4.78 is 14.1. The number of ether oxygens (including phenoxy) is 2. The molecule has 0 unspecified atom stereocenters. The molecule has 0 bridgehead atoms. The zero-order chi connectivity index (χ0) is 22.8. The summed E-state index contributed by atoms with van der Waals surface area (Å²) in [5.74, 6) is 2.68. The fourth-order valence-electron chi connectivity index (χ4n) is 3.81. The minimum absolute atomic E-state index is 0.0493. The smallest absolute Gasteiger partial charge is 0.247 e. The monoisotopic (exact) mass is 440 g/mol. The van der Waals surface area contributed by atoms with Gasteiger partial charge in [0.2, 0.25) is 11.8 Å². The fraction of sp³-hybridized carbons (Fsp3) is 0.192. The molecule has 5 rings (SSSR count). The summed E-state index contributed by atoms with van der Waals surface area (Å²) in [6.07, 6.45) is 5.16. The first kappa shape index (κ1) is 20.8. The van der Waals surface area contributed by atoms with Crippen LogP contribution in [0.4, 0.5) is 0 Å². The molecule has 1 amide bonds. The van der Waals surface area contributed by atoms with Crippen LogP contribution in [0.3, 0.4) is 0 Å². The van der Waals surface area contributed by atoms with Crippen molar-refractivity contribution >= 4 is 16.9 Å². The van der Waals surface area contributed by atoms with Crippen LogP contribution in [0.1, 0.15) is 19.9 Å². The van der Waals surface area contributed by atoms with E-state index in [1.54, 1.807) is 6.08 Å². The minimum atomic E-state index is 0.0493. The molecule has 1 aliphatic rings. The summed E-state index contributed by atoms with van der Waals surface area (Å²) >= 11 is 0. The van der Waals surface area contributed by atoms with Crippen LogP contribution in [0.25, 0.3) is 11.0 Å². The van der Waals surface area contributed by atoms with Crippen molar-refractivity contribution in [1.29, 1.82) is 0 Å². The SMILES string of the molecule is CC(C)=CC(=O)N1CC(n2ccc3ncnc(Oc4ccc(Oc5ccccc5)cc4)c32)C1. The lowest BCUT2D eigenvalue weighted by molar-refractivity contribution is -0.131. The first-order valence-corrected chi connectivity index (χ1v) is 10.8. The number of allylic oxidation sites excluding steroid dienone is 1. The lowest BCUT2D eigenvalue weighted by Gasteiger charge is -2.40. The van der Waals surface area contributed by atoms with E-state index in [1.807, 2.05) is 85.6 Å². The van der Waals surface area contributed by atoms with Gasteiger partial charge in [0.25, 0.3) is 0 Å². The van der Waals surface area contributed by atoms with Crippen LogP contribution < -0.4 is 9.47 Å². The van der Waals surface area contributed by atoms with E-state index in [4.69, 9.17) is 9.47 Å². The normalized spacial score (nSPS) is 13.5. The van der Waals surface area contributed by atoms with Crippen molar-refractivity contribution in [2.75, 3.05) is 13.1 Å². The van der Waals surface area contributed by atoms with E-state index >= 15 is 0 Å². The number of carbonyl (C=O) groups excluding carboxylic acids is 1. The van der Waals surface area contributed by atoms with Crippen molar-refractivity contribution < 1.29 is 14.3 Å². The lowest BCUT2D eigenvalue weighted by Crippen LogP contribution is -2.50. The third kappa shape index (κ3) is 4.43. The molecule has 0 N–H and O–H groups in total. The summed E-state index contributed by atoms with van der Waals surface area (Å²) in [6.45, 7) is 5.14. The van der Waals surface area contributed by atoms with Gasteiger partial charge in [-0.3, -0.25) is 4.79 Å². The molecule has 1 aliphatic heterocycles. The maximum atomic E-state index is 12.2. The van der Waals surface area contributed by atoms with Crippen molar-refractivity contribution in [3.63, 3.8) is 0 Å². The van der Waals surface area contributed by atoms with Gasteiger partial charge >= 0.3 is 0 Å². The maximum Gasteiger partial charge on any atom is 0.247 e. The average molecular weight is 441 g/mol. The van der Waals surface area contributed by atoms with Gasteiger partial charge in [-0.05, 0) is 56.3 Å². The van der Waals surface area contributed by atoms with Crippen LogP contribution in [0.2, 0.25) is 0 Å². The third-order valence-corrected chi connectivity index (χ3v) is 5.46. The molecule has 1 saturated heterocycles. The van der Waals surface area contributed by atoms with Crippen LogP contribution in [0.15, 0.2) is 84.8 Å². The number of nitrogens with zero attached hydrogens (tertiary/aromatic N) is 4. The summed E-state index contributed by atoms with van der Waals surface area (Å²) in [5, 5.41) is 0. The molecule has 0 spiro atoms. The van der Waals surface area contributed by atoms with Crippen LogP contribution in [-0.2, 0) is 4.79 Å². The molecule has 33 heavy (non-hydrogen) atoms. The standard InChI is InChI=1S/C26H24N4O3/c1-18(2)14-24(31)29-15-19(16-29)30-13-12-23-25(30)26(28-17-27-23)33-22-10-8-21(9-11-22)32-20-6-4-3-5-7-20/h3-14,17,19H,15-16H2,1-2H3. The molecule has 166 valence electrons. The number of amides is 1. The Balaban J connectivity index is 1.33. The van der Waals surface area contributed by atoms with Gasteiger partial charge in [-0.1, -0.05) is 23.8 Å². The Morgan fingerprint density at radius 1 is 0.909 bits per heavy atom. The van der Waals surface area contributed by atoms with E-state index in [0.29, 0.717) is 24.7 Å². The lowest BCUT2D eigenvalue weighted by atomic mass is 10.1. The number of likely N-dealkylation sites (tertiary alicyclic amines) is 1. The van der Waals surface area contributed by atoms with Gasteiger partial charge in [-0.2, -0.15) is 4.98 Å². The first-order valence-electron chi connectivity index (χ1n) is 10.8. The van der Waals surface area contributed by atoms with Gasteiger partial charge < -0.3 is 18.9 Å². The summed E-state index contributed by atoms with van der Waals surface area (Å²) in [6, 6.07) is 19.2. The first-order chi connectivity index (χ1) is 16.1. The molecule has 0 radical (unpaired) electrons. The summed E-state index contributed by atoms with van der Waals surface area (Å²) in [7, 11) is 0. The molecule has 0 saturated carbocycles. The Hall–Kier alpha value is -4.13. The maximum absolute atomic E-state index is 12.2. The van der Waals surface area contributed by atoms with Crippen molar-refractivity contribution in [3.05, 3.63) is 84.8 Å². The summed E-state index contributed by atoms with van der Waals surface area (Å²) in [4.78, 5) is 22.8. The zero-order valence-electron chi connectivity index (χ0n) is 18.5. The van der Waals surface area contributed by atoms with Crippen molar-refractivity contribution in [3.8, 4) is 23.1 Å². The molecule has 0 aliphatic carbocycles. The molecule has 7 nitrogen and oxygen atoms in total. The van der Waals surface area contributed by atoms with Crippen molar-refractivity contribution in [2.45, 2.75) is 19.9 Å². The van der Waals surface area contributed by atoms with Crippen LogP contribution in [0, 0.1) is 0 Å². The van der Waals surface area contributed by atoms with E-state index in [1.165, 1.54) is 6.33 Å². The van der Waals surface area contributed by atoms with Crippen molar-refractivity contribution in [1.82, 2.24) is 19.4 Å². The highest BCUT2D eigenvalue weighted by molar-refractivity contribution is 5.89. The highest BCUT2D eigenvalue weighted by atomic mass is 16.5. The molecule has 1 fully saturated rings. The minimum Gasteiger partial charge on any atom is -0.457 e. The molecule has 0 atom stereocenters. The van der Waals surface area contributed by atoms with Gasteiger partial charge in [0.15, 0.2) is 0 Å². The fourth-order valence-corrected chi connectivity index (χ4v) is 3.81.